The zero-order valence-electron chi connectivity index (χ0n) is 19.6. The fourth-order valence-electron chi connectivity index (χ4n) is 2.28. The number of ether oxygens (including phenoxy) is 2. The highest BCUT2D eigenvalue weighted by Gasteiger charge is 2.26. The van der Waals surface area contributed by atoms with E-state index in [0.717, 1.165) is 5.56 Å². The van der Waals surface area contributed by atoms with E-state index in [9.17, 15) is 18.0 Å². The fourth-order valence-corrected chi connectivity index (χ4v) is 2.28. The van der Waals surface area contributed by atoms with Crippen LogP contribution in [0.4, 0.5) is 13.2 Å². The van der Waals surface area contributed by atoms with Crippen molar-refractivity contribution in [3.05, 3.63) is 60.2 Å². The van der Waals surface area contributed by atoms with E-state index in [4.69, 9.17) is 19.2 Å². The average Bonchev–Trinajstić information content (AvgIpc) is 2.75. The van der Waals surface area contributed by atoms with Gasteiger partial charge in [0.1, 0.15) is 11.4 Å². The minimum Gasteiger partial charge on any atom is -0.494 e. The van der Waals surface area contributed by atoms with E-state index in [0.29, 0.717) is 17.2 Å². The summed E-state index contributed by atoms with van der Waals surface area (Å²) in [5.41, 5.74) is 0.235. The van der Waals surface area contributed by atoms with Crippen molar-refractivity contribution < 1.29 is 37.2 Å². The Hall–Kier alpha value is -3.16. The van der Waals surface area contributed by atoms with Gasteiger partial charge in [0.25, 0.3) is 0 Å². The number of carbonyl (C=O) groups excluding carboxylic acids is 1. The highest BCUT2D eigenvalue weighted by molar-refractivity contribution is 5.87. The summed E-state index contributed by atoms with van der Waals surface area (Å²) in [7, 11) is 0. The van der Waals surface area contributed by atoms with Gasteiger partial charge in [-0.1, -0.05) is 26.0 Å². The molecule has 0 aliphatic carbocycles. The number of rotatable bonds is 9. The number of benzene rings is 2. The first-order chi connectivity index (χ1) is 15.5. The van der Waals surface area contributed by atoms with Crippen LogP contribution in [0.2, 0.25) is 0 Å². The number of esters is 1. The molecule has 0 bridgehead atoms. The molecular formula is C25H31F3O5. The topological polar surface area (TPSA) is 54.0 Å². The smallest absolute Gasteiger partial charge is 0.389 e. The second-order valence-corrected chi connectivity index (χ2v) is 7.64. The number of carbonyl (C=O) groups is 1. The molecular weight excluding hydrogens is 437 g/mol. The van der Waals surface area contributed by atoms with Gasteiger partial charge in [-0.3, -0.25) is 9.78 Å². The average molecular weight is 469 g/mol. The van der Waals surface area contributed by atoms with Gasteiger partial charge in [0.2, 0.25) is 0 Å². The molecule has 0 spiro atoms. The molecule has 0 aliphatic rings. The van der Waals surface area contributed by atoms with Crippen LogP contribution in [-0.2, 0) is 9.53 Å². The third-order valence-electron chi connectivity index (χ3n) is 3.63. The third kappa shape index (κ3) is 13.1. The first-order valence-corrected chi connectivity index (χ1v) is 10.7. The lowest BCUT2D eigenvalue weighted by atomic mass is 10.2. The fraction of sp³-hybridized carbons (Fsp3) is 0.400. The minimum atomic E-state index is -4.18. The van der Waals surface area contributed by atoms with E-state index >= 15 is 0 Å². The standard InChI is InChI=1S/C23H25F3O5.C2H6/c1-22(2,3)29-21(27)14-7-17-5-8-19(9-6-17)30-31-20-12-10-18(11-13-20)28-16-4-15-23(24,25)26;1-2/h5-14H,4,15-16H2,1-3H3;1-2H3/b14-7+;. The molecule has 0 atom stereocenters. The van der Waals surface area contributed by atoms with E-state index in [2.05, 4.69) is 0 Å². The molecule has 0 saturated carbocycles. The van der Waals surface area contributed by atoms with Crippen LogP contribution in [0.15, 0.2) is 54.6 Å². The summed E-state index contributed by atoms with van der Waals surface area (Å²) in [4.78, 5) is 22.1. The molecule has 0 fully saturated rings. The zero-order valence-corrected chi connectivity index (χ0v) is 19.6. The Bertz CT molecular complexity index is 852. The predicted octanol–water partition coefficient (Wildman–Crippen LogP) is 7.16. The first kappa shape index (κ1) is 27.9. The third-order valence-corrected chi connectivity index (χ3v) is 3.63. The van der Waals surface area contributed by atoms with Crippen molar-refractivity contribution in [2.24, 2.45) is 0 Å². The molecule has 182 valence electrons. The van der Waals surface area contributed by atoms with Gasteiger partial charge >= 0.3 is 12.1 Å². The summed E-state index contributed by atoms with van der Waals surface area (Å²) < 4.78 is 46.8. The quantitative estimate of drug-likeness (QED) is 0.128. The van der Waals surface area contributed by atoms with Gasteiger partial charge in [0, 0.05) is 12.5 Å². The molecule has 0 amide bonds. The maximum Gasteiger partial charge on any atom is 0.389 e. The molecule has 0 saturated heterocycles. The molecule has 0 radical (unpaired) electrons. The van der Waals surface area contributed by atoms with Crippen LogP contribution >= 0.6 is 0 Å². The van der Waals surface area contributed by atoms with Crippen molar-refractivity contribution in [3.63, 3.8) is 0 Å². The monoisotopic (exact) mass is 468 g/mol. The summed E-state index contributed by atoms with van der Waals surface area (Å²) in [5.74, 6) is 0.859. The van der Waals surface area contributed by atoms with Crippen LogP contribution in [0, 0.1) is 0 Å². The molecule has 0 unspecified atom stereocenters. The van der Waals surface area contributed by atoms with Gasteiger partial charge in [-0.15, -0.1) is 0 Å². The van der Waals surface area contributed by atoms with Crippen LogP contribution in [0.25, 0.3) is 6.08 Å². The number of hydrogen-bond acceptors (Lipinski definition) is 5. The molecule has 2 rings (SSSR count). The zero-order chi connectivity index (χ0) is 24.9. The molecule has 0 aromatic heterocycles. The molecule has 2 aromatic rings. The largest absolute Gasteiger partial charge is 0.494 e. The van der Waals surface area contributed by atoms with E-state index in [1.54, 1.807) is 75.4 Å². The number of alkyl halides is 3. The maximum absolute atomic E-state index is 12.1. The second kappa shape index (κ2) is 13.4. The van der Waals surface area contributed by atoms with E-state index in [1.807, 2.05) is 13.8 Å². The van der Waals surface area contributed by atoms with Gasteiger partial charge in [0.15, 0.2) is 11.5 Å². The van der Waals surface area contributed by atoms with Crippen LogP contribution < -0.4 is 14.5 Å². The summed E-state index contributed by atoms with van der Waals surface area (Å²) in [6, 6.07) is 13.2. The highest BCUT2D eigenvalue weighted by Crippen LogP contribution is 2.23. The molecule has 2 aromatic carbocycles. The van der Waals surface area contributed by atoms with Crippen molar-refractivity contribution in [1.29, 1.82) is 0 Å². The Kier molecular flexibility index (Phi) is 11.3. The molecule has 8 heteroatoms. The number of hydrogen-bond donors (Lipinski definition) is 0. The highest BCUT2D eigenvalue weighted by atomic mass is 19.4. The lowest BCUT2D eigenvalue weighted by Crippen LogP contribution is -2.22. The van der Waals surface area contributed by atoms with Crippen LogP contribution in [-0.4, -0.2) is 24.4 Å². The normalized spacial score (nSPS) is 11.4. The summed E-state index contributed by atoms with van der Waals surface area (Å²) in [6.07, 6.45) is -2.17. The van der Waals surface area contributed by atoms with Crippen molar-refractivity contribution in [3.8, 4) is 17.2 Å². The molecule has 33 heavy (non-hydrogen) atoms. The van der Waals surface area contributed by atoms with Gasteiger partial charge in [-0.05, 0) is 75.2 Å². The van der Waals surface area contributed by atoms with Crippen molar-refractivity contribution in [1.82, 2.24) is 0 Å². The Balaban J connectivity index is 0.00000265. The van der Waals surface area contributed by atoms with Gasteiger partial charge in [0.05, 0.1) is 6.61 Å². The number of halogens is 3. The molecule has 0 N–H and O–H groups in total. The Labute approximate surface area is 193 Å². The molecule has 0 aliphatic heterocycles. The first-order valence-electron chi connectivity index (χ1n) is 10.7. The molecule has 0 heterocycles. The van der Waals surface area contributed by atoms with Crippen molar-refractivity contribution in [2.75, 3.05) is 6.61 Å². The lowest BCUT2D eigenvalue weighted by Gasteiger charge is -2.17. The van der Waals surface area contributed by atoms with Gasteiger partial charge < -0.3 is 9.47 Å². The maximum atomic E-state index is 12.1. The summed E-state index contributed by atoms with van der Waals surface area (Å²) >= 11 is 0. The minimum absolute atomic E-state index is 0.0229. The van der Waals surface area contributed by atoms with E-state index in [1.165, 1.54) is 6.08 Å². The SMILES string of the molecule is CC.CC(C)(C)OC(=O)/C=C/c1ccc(OOc2ccc(OCCCC(F)(F)F)cc2)cc1. The lowest BCUT2D eigenvalue weighted by molar-refractivity contribution is -0.148. The van der Waals surface area contributed by atoms with Crippen molar-refractivity contribution >= 4 is 12.0 Å². The Morgan fingerprint density at radius 1 is 0.848 bits per heavy atom. The van der Waals surface area contributed by atoms with Crippen LogP contribution in [0.3, 0.4) is 0 Å². The van der Waals surface area contributed by atoms with Crippen LogP contribution in [0.1, 0.15) is 53.0 Å². The Morgan fingerprint density at radius 2 is 1.33 bits per heavy atom. The molecule has 5 nitrogen and oxygen atoms in total. The summed E-state index contributed by atoms with van der Waals surface area (Å²) in [5, 5.41) is 0. The van der Waals surface area contributed by atoms with Crippen LogP contribution in [0.5, 0.6) is 17.2 Å². The van der Waals surface area contributed by atoms with E-state index in [-0.39, 0.29) is 13.0 Å². The summed E-state index contributed by atoms with van der Waals surface area (Å²) in [6.45, 7) is 9.36. The van der Waals surface area contributed by atoms with Crippen molar-refractivity contribution in [2.45, 2.75) is 59.2 Å². The predicted molar refractivity (Wildman–Crippen MR) is 121 cm³/mol. The second-order valence-electron chi connectivity index (χ2n) is 7.64. The Morgan fingerprint density at radius 3 is 1.82 bits per heavy atom. The van der Waals surface area contributed by atoms with Gasteiger partial charge in [-0.25, -0.2) is 4.79 Å². The van der Waals surface area contributed by atoms with E-state index < -0.39 is 24.2 Å². The van der Waals surface area contributed by atoms with Gasteiger partial charge in [-0.2, -0.15) is 13.2 Å².